The van der Waals surface area contributed by atoms with Crippen molar-refractivity contribution in [1.29, 1.82) is 0 Å². The minimum absolute atomic E-state index is 0.0421. The molecule has 0 radical (unpaired) electrons. The minimum Gasteiger partial charge on any atom is -0.494 e. The maximum absolute atomic E-state index is 12.4. The van der Waals surface area contributed by atoms with Gasteiger partial charge in [0.1, 0.15) is 17.4 Å². The first-order valence-corrected chi connectivity index (χ1v) is 14.5. The molecule has 0 saturated heterocycles. The lowest BCUT2D eigenvalue weighted by molar-refractivity contribution is -0.158. The molecule has 2 aromatic carbocycles. The van der Waals surface area contributed by atoms with Crippen LogP contribution in [0.1, 0.15) is 84.7 Å². The van der Waals surface area contributed by atoms with Crippen molar-refractivity contribution in [3.8, 4) is 28.3 Å². The van der Waals surface area contributed by atoms with Crippen molar-refractivity contribution >= 4 is 11.9 Å². The summed E-state index contributed by atoms with van der Waals surface area (Å²) in [5, 5.41) is 2.66. The van der Waals surface area contributed by atoms with Crippen molar-refractivity contribution in [2.45, 2.75) is 90.8 Å². The molecule has 1 heterocycles. The molecule has 0 unspecified atom stereocenters. The third kappa shape index (κ3) is 10.6. The van der Waals surface area contributed by atoms with Crippen LogP contribution in [0.4, 0.5) is 0 Å². The highest BCUT2D eigenvalue weighted by Gasteiger charge is 2.23. The SMILES string of the molecule is CCCCCCCOc1ccc(-c2cnc(-c3ccc([C@@H](N)CC(=O)N[C@H](C)C(=O)OC(C)(C)C)cc3)nc2)cc1. The monoisotopic (exact) mass is 560 g/mol. The third-order valence-corrected chi connectivity index (χ3v) is 6.50. The summed E-state index contributed by atoms with van der Waals surface area (Å²) in [6.07, 6.45) is 9.74. The highest BCUT2D eigenvalue weighted by atomic mass is 16.6. The molecule has 0 saturated carbocycles. The molecule has 1 aromatic heterocycles. The lowest BCUT2D eigenvalue weighted by Crippen LogP contribution is -2.42. The normalized spacial score (nSPS) is 12.8. The van der Waals surface area contributed by atoms with Crippen LogP contribution in [-0.2, 0) is 14.3 Å². The Kier molecular flexibility index (Phi) is 11.8. The van der Waals surface area contributed by atoms with Crippen LogP contribution in [0, 0.1) is 0 Å². The number of aromatic nitrogens is 2. The van der Waals surface area contributed by atoms with E-state index in [0.717, 1.165) is 41.0 Å². The number of carbonyl (C=O) groups is 2. The molecule has 0 aliphatic carbocycles. The zero-order valence-corrected chi connectivity index (χ0v) is 25.0. The summed E-state index contributed by atoms with van der Waals surface area (Å²) in [6, 6.07) is 14.2. The van der Waals surface area contributed by atoms with E-state index < -0.39 is 23.7 Å². The van der Waals surface area contributed by atoms with Gasteiger partial charge in [-0.2, -0.15) is 0 Å². The van der Waals surface area contributed by atoms with Gasteiger partial charge in [-0.15, -0.1) is 0 Å². The van der Waals surface area contributed by atoms with Crippen molar-refractivity contribution in [2.75, 3.05) is 6.61 Å². The fraction of sp³-hybridized carbons (Fsp3) is 0.455. The van der Waals surface area contributed by atoms with Gasteiger partial charge < -0.3 is 20.5 Å². The highest BCUT2D eigenvalue weighted by molar-refractivity contribution is 5.84. The van der Waals surface area contributed by atoms with Crippen molar-refractivity contribution < 1.29 is 19.1 Å². The van der Waals surface area contributed by atoms with Gasteiger partial charge in [-0.1, -0.05) is 69.0 Å². The number of benzene rings is 2. The van der Waals surface area contributed by atoms with Crippen molar-refractivity contribution in [2.24, 2.45) is 5.73 Å². The van der Waals surface area contributed by atoms with E-state index in [1.54, 1.807) is 27.7 Å². The van der Waals surface area contributed by atoms with Gasteiger partial charge in [-0.25, -0.2) is 14.8 Å². The number of esters is 1. The number of rotatable bonds is 14. The zero-order valence-electron chi connectivity index (χ0n) is 25.0. The average molecular weight is 561 g/mol. The van der Waals surface area contributed by atoms with Crippen LogP contribution >= 0.6 is 0 Å². The van der Waals surface area contributed by atoms with Crippen LogP contribution in [-0.4, -0.2) is 40.1 Å². The molecule has 220 valence electrons. The minimum atomic E-state index is -0.757. The topological polar surface area (TPSA) is 116 Å². The Balaban J connectivity index is 1.51. The Morgan fingerprint density at radius 2 is 1.49 bits per heavy atom. The fourth-order valence-corrected chi connectivity index (χ4v) is 4.21. The van der Waals surface area contributed by atoms with Crippen molar-refractivity contribution in [1.82, 2.24) is 15.3 Å². The molecule has 8 heteroatoms. The van der Waals surface area contributed by atoms with E-state index in [1.165, 1.54) is 25.7 Å². The third-order valence-electron chi connectivity index (χ3n) is 6.50. The molecular formula is C33H44N4O4. The van der Waals surface area contributed by atoms with Gasteiger partial charge in [0.15, 0.2) is 5.82 Å². The summed E-state index contributed by atoms with van der Waals surface area (Å²) in [5.74, 6) is 0.668. The van der Waals surface area contributed by atoms with E-state index in [0.29, 0.717) is 5.82 Å². The van der Waals surface area contributed by atoms with Crippen LogP contribution in [0.2, 0.25) is 0 Å². The van der Waals surface area contributed by atoms with E-state index in [4.69, 9.17) is 15.2 Å². The molecule has 0 aliphatic rings. The lowest BCUT2D eigenvalue weighted by Gasteiger charge is -2.23. The molecule has 0 spiro atoms. The number of nitrogens with zero attached hydrogens (tertiary/aromatic N) is 2. The molecule has 41 heavy (non-hydrogen) atoms. The largest absolute Gasteiger partial charge is 0.494 e. The van der Waals surface area contributed by atoms with Crippen LogP contribution < -0.4 is 15.8 Å². The number of amides is 1. The first-order chi connectivity index (χ1) is 19.6. The maximum atomic E-state index is 12.4. The van der Waals surface area contributed by atoms with Gasteiger partial charge in [0.25, 0.3) is 0 Å². The van der Waals surface area contributed by atoms with E-state index in [1.807, 2.05) is 60.9 Å². The number of unbranched alkanes of at least 4 members (excludes halogenated alkanes) is 4. The Morgan fingerprint density at radius 3 is 2.10 bits per heavy atom. The molecule has 3 rings (SSSR count). The van der Waals surface area contributed by atoms with Crippen LogP contribution in [0.15, 0.2) is 60.9 Å². The van der Waals surface area contributed by atoms with E-state index >= 15 is 0 Å². The Bertz CT molecular complexity index is 1240. The molecule has 1 amide bonds. The van der Waals surface area contributed by atoms with E-state index in [-0.39, 0.29) is 12.3 Å². The molecule has 0 bridgehead atoms. The summed E-state index contributed by atoms with van der Waals surface area (Å²) in [7, 11) is 0. The quantitative estimate of drug-likeness (QED) is 0.173. The second kappa shape index (κ2) is 15.3. The first-order valence-electron chi connectivity index (χ1n) is 14.5. The van der Waals surface area contributed by atoms with Crippen molar-refractivity contribution in [3.63, 3.8) is 0 Å². The second-order valence-corrected chi connectivity index (χ2v) is 11.3. The molecule has 3 aromatic rings. The fourth-order valence-electron chi connectivity index (χ4n) is 4.21. The van der Waals surface area contributed by atoms with Crippen LogP contribution in [0.3, 0.4) is 0 Å². The molecule has 0 aliphatic heterocycles. The number of hydrogen-bond donors (Lipinski definition) is 2. The first kappa shape index (κ1) is 31.7. The summed E-state index contributed by atoms with van der Waals surface area (Å²) in [5.41, 5.74) is 9.24. The Hall–Kier alpha value is -3.78. The van der Waals surface area contributed by atoms with Gasteiger partial charge in [0.05, 0.1) is 6.61 Å². The predicted molar refractivity (Wildman–Crippen MR) is 162 cm³/mol. The lowest BCUT2D eigenvalue weighted by atomic mass is 10.0. The van der Waals surface area contributed by atoms with Gasteiger partial charge >= 0.3 is 5.97 Å². The van der Waals surface area contributed by atoms with Gasteiger partial charge in [-0.05, 0) is 57.4 Å². The molecule has 2 atom stereocenters. The van der Waals surface area contributed by atoms with Crippen LogP contribution in [0.25, 0.3) is 22.5 Å². The van der Waals surface area contributed by atoms with Gasteiger partial charge in [0, 0.05) is 36.0 Å². The van der Waals surface area contributed by atoms with E-state index in [9.17, 15) is 9.59 Å². The highest BCUT2D eigenvalue weighted by Crippen LogP contribution is 2.24. The number of nitrogens with two attached hydrogens (primary N) is 1. The van der Waals surface area contributed by atoms with Gasteiger partial charge in [0.2, 0.25) is 5.91 Å². The number of nitrogens with one attached hydrogen (secondary N) is 1. The Labute approximate surface area is 244 Å². The zero-order chi connectivity index (χ0) is 29.8. The number of hydrogen-bond acceptors (Lipinski definition) is 7. The van der Waals surface area contributed by atoms with E-state index in [2.05, 4.69) is 22.2 Å². The number of carbonyl (C=O) groups excluding carboxylic acids is 2. The average Bonchev–Trinajstić information content (AvgIpc) is 2.94. The predicted octanol–water partition coefficient (Wildman–Crippen LogP) is 6.40. The second-order valence-electron chi connectivity index (χ2n) is 11.3. The standard InChI is InChI=1S/C33H44N4O4/c1-6-7-8-9-10-19-40-28-17-15-24(16-18-28)27-21-35-31(36-22-27)26-13-11-25(12-14-26)29(34)20-30(38)37-23(2)32(39)41-33(3,4)5/h11-18,21-23,29H,6-10,19-20,34H2,1-5H3,(H,37,38)/t23-,29+/m1/s1. The number of ether oxygens (including phenoxy) is 2. The summed E-state index contributed by atoms with van der Waals surface area (Å²) in [4.78, 5) is 33.6. The van der Waals surface area contributed by atoms with Crippen LogP contribution in [0.5, 0.6) is 5.75 Å². The molecule has 3 N–H and O–H groups in total. The molecular weight excluding hydrogens is 516 g/mol. The summed E-state index contributed by atoms with van der Waals surface area (Å²) < 4.78 is 11.2. The summed E-state index contributed by atoms with van der Waals surface area (Å²) >= 11 is 0. The van der Waals surface area contributed by atoms with Crippen molar-refractivity contribution in [3.05, 3.63) is 66.5 Å². The summed E-state index contributed by atoms with van der Waals surface area (Å²) in [6.45, 7) is 9.90. The molecule has 0 fully saturated rings. The molecule has 8 nitrogen and oxygen atoms in total. The maximum Gasteiger partial charge on any atom is 0.328 e. The Morgan fingerprint density at radius 1 is 0.878 bits per heavy atom. The smallest absolute Gasteiger partial charge is 0.328 e. The van der Waals surface area contributed by atoms with Gasteiger partial charge in [-0.3, -0.25) is 4.79 Å².